The molecule has 7 heteroatoms. The molecule has 120 valence electrons. The molecule has 0 radical (unpaired) electrons. The third kappa shape index (κ3) is 4.53. The van der Waals surface area contributed by atoms with Gasteiger partial charge in [0.05, 0.1) is 15.7 Å². The summed E-state index contributed by atoms with van der Waals surface area (Å²) >= 11 is 3.31. The Labute approximate surface area is 141 Å². The summed E-state index contributed by atoms with van der Waals surface area (Å²) in [5.41, 5.74) is 2.03. The van der Waals surface area contributed by atoms with E-state index in [1.54, 1.807) is 49.1 Å². The summed E-state index contributed by atoms with van der Waals surface area (Å²) in [6.45, 7) is 1.37. The Morgan fingerprint density at radius 2 is 2.17 bits per heavy atom. The first-order valence-corrected chi connectivity index (χ1v) is 7.53. The highest BCUT2D eigenvalue weighted by molar-refractivity contribution is 9.10. The van der Waals surface area contributed by atoms with Gasteiger partial charge in [-0.25, -0.2) is 4.79 Å². The number of halogens is 1. The van der Waals surface area contributed by atoms with Crippen LogP contribution in [0, 0.1) is 6.92 Å². The van der Waals surface area contributed by atoms with Gasteiger partial charge in [-0.2, -0.15) is 5.10 Å². The molecule has 0 aliphatic carbocycles. The first kappa shape index (κ1) is 17.0. The number of aryl methyl sites for hydroxylation is 2. The zero-order valence-corrected chi connectivity index (χ0v) is 14.2. The van der Waals surface area contributed by atoms with Crippen molar-refractivity contribution in [3.8, 4) is 5.75 Å². The largest absolute Gasteiger partial charge is 0.481 e. The Morgan fingerprint density at radius 3 is 2.74 bits per heavy atom. The smallest absolute Gasteiger partial charge is 0.341 e. The second-order valence-corrected chi connectivity index (χ2v) is 5.73. The van der Waals surface area contributed by atoms with Crippen LogP contribution in [0.1, 0.15) is 21.6 Å². The van der Waals surface area contributed by atoms with Crippen LogP contribution in [0.5, 0.6) is 5.75 Å². The maximum absolute atomic E-state index is 12.1. The Balaban J connectivity index is 2.10. The molecule has 1 heterocycles. The van der Waals surface area contributed by atoms with E-state index < -0.39 is 12.6 Å². The molecule has 0 aliphatic heterocycles. The van der Waals surface area contributed by atoms with Crippen molar-refractivity contribution in [2.24, 2.45) is 7.05 Å². The number of aliphatic carboxylic acids is 1. The normalized spacial score (nSPS) is 10.9. The average Bonchev–Trinajstić information content (AvgIpc) is 2.82. The Kier molecular flexibility index (Phi) is 5.33. The summed E-state index contributed by atoms with van der Waals surface area (Å²) < 4.78 is 7.33. The molecule has 0 atom stereocenters. The molecule has 0 fully saturated rings. The SMILES string of the molecule is Cc1nn(C)cc1C(=O)C=Cc1ccc(OCC(=O)O)c(Br)c1. The van der Waals surface area contributed by atoms with Gasteiger partial charge in [0.2, 0.25) is 0 Å². The summed E-state index contributed by atoms with van der Waals surface area (Å²) in [6, 6.07) is 5.13. The van der Waals surface area contributed by atoms with Crippen LogP contribution in [0.15, 0.2) is 34.9 Å². The lowest BCUT2D eigenvalue weighted by atomic mass is 10.1. The fraction of sp³-hybridized carbons (Fsp3) is 0.188. The summed E-state index contributed by atoms with van der Waals surface area (Å²) in [7, 11) is 1.76. The minimum absolute atomic E-state index is 0.127. The van der Waals surface area contributed by atoms with Crippen molar-refractivity contribution < 1.29 is 19.4 Å². The minimum atomic E-state index is -1.04. The molecule has 1 aromatic carbocycles. The number of carbonyl (C=O) groups excluding carboxylic acids is 1. The van der Waals surface area contributed by atoms with E-state index in [1.807, 2.05) is 0 Å². The second kappa shape index (κ2) is 7.23. The molecule has 0 amide bonds. The molecule has 1 N–H and O–H groups in total. The minimum Gasteiger partial charge on any atom is -0.481 e. The van der Waals surface area contributed by atoms with Gasteiger partial charge in [0.1, 0.15) is 5.75 Å². The molecule has 0 saturated carbocycles. The van der Waals surface area contributed by atoms with Crippen LogP contribution in [-0.2, 0) is 11.8 Å². The van der Waals surface area contributed by atoms with E-state index in [1.165, 1.54) is 6.08 Å². The van der Waals surface area contributed by atoms with Gasteiger partial charge in [-0.3, -0.25) is 9.48 Å². The van der Waals surface area contributed by atoms with Gasteiger partial charge in [-0.05, 0) is 46.6 Å². The van der Waals surface area contributed by atoms with E-state index in [2.05, 4.69) is 21.0 Å². The van der Waals surface area contributed by atoms with Gasteiger partial charge in [-0.1, -0.05) is 12.1 Å². The molecule has 1 aromatic heterocycles. The molecular formula is C16H15BrN2O4. The molecule has 0 spiro atoms. The van der Waals surface area contributed by atoms with Crippen LogP contribution in [0.25, 0.3) is 6.08 Å². The molecule has 23 heavy (non-hydrogen) atoms. The van der Waals surface area contributed by atoms with Crippen LogP contribution in [0.2, 0.25) is 0 Å². The van der Waals surface area contributed by atoms with Crippen molar-refractivity contribution >= 4 is 33.8 Å². The summed E-state index contributed by atoms with van der Waals surface area (Å²) in [5.74, 6) is -0.741. The zero-order valence-electron chi connectivity index (χ0n) is 12.6. The first-order valence-electron chi connectivity index (χ1n) is 6.73. The van der Waals surface area contributed by atoms with Crippen LogP contribution in [0.3, 0.4) is 0 Å². The predicted octanol–water partition coefficient (Wildman–Crippen LogP) is 2.85. The molecule has 0 aliphatic rings. The first-order chi connectivity index (χ1) is 10.9. The van der Waals surface area contributed by atoms with Crippen LogP contribution in [-0.4, -0.2) is 33.2 Å². The van der Waals surface area contributed by atoms with Gasteiger partial charge >= 0.3 is 5.97 Å². The second-order valence-electron chi connectivity index (χ2n) is 4.87. The quantitative estimate of drug-likeness (QED) is 0.617. The number of hydrogen-bond donors (Lipinski definition) is 1. The number of ether oxygens (including phenoxy) is 1. The lowest BCUT2D eigenvalue weighted by molar-refractivity contribution is -0.139. The number of carbonyl (C=O) groups is 2. The molecule has 6 nitrogen and oxygen atoms in total. The van der Waals surface area contributed by atoms with Gasteiger partial charge in [0, 0.05) is 13.2 Å². The zero-order chi connectivity index (χ0) is 17.0. The number of hydrogen-bond acceptors (Lipinski definition) is 4. The Morgan fingerprint density at radius 1 is 1.43 bits per heavy atom. The number of rotatable bonds is 6. The van der Waals surface area contributed by atoms with Crippen molar-refractivity contribution in [2.45, 2.75) is 6.92 Å². The van der Waals surface area contributed by atoms with Crippen LogP contribution in [0.4, 0.5) is 0 Å². The average molecular weight is 379 g/mol. The van der Waals surface area contributed by atoms with Gasteiger partial charge in [0.25, 0.3) is 0 Å². The maximum atomic E-state index is 12.1. The van der Waals surface area contributed by atoms with Crippen LogP contribution >= 0.6 is 15.9 Å². The number of carboxylic acid groups (broad SMARTS) is 1. The van der Waals surface area contributed by atoms with Crippen LogP contribution < -0.4 is 4.74 Å². The third-order valence-corrected chi connectivity index (χ3v) is 3.63. The fourth-order valence-corrected chi connectivity index (χ4v) is 2.49. The third-order valence-electron chi connectivity index (χ3n) is 3.01. The summed E-state index contributed by atoms with van der Waals surface area (Å²) in [4.78, 5) is 22.6. The Hall–Kier alpha value is -2.41. The van der Waals surface area contributed by atoms with Crippen molar-refractivity contribution in [3.05, 3.63) is 51.8 Å². The van der Waals surface area contributed by atoms with E-state index >= 15 is 0 Å². The molecule has 2 rings (SSSR count). The summed E-state index contributed by atoms with van der Waals surface area (Å²) in [6.07, 6.45) is 4.84. The number of aromatic nitrogens is 2. The van der Waals surface area contributed by atoms with Crippen molar-refractivity contribution in [2.75, 3.05) is 6.61 Å². The van der Waals surface area contributed by atoms with Crippen molar-refractivity contribution in [1.29, 1.82) is 0 Å². The highest BCUT2D eigenvalue weighted by Gasteiger charge is 2.09. The van der Waals surface area contributed by atoms with Gasteiger partial charge in [-0.15, -0.1) is 0 Å². The predicted molar refractivity (Wildman–Crippen MR) is 88.6 cm³/mol. The molecule has 0 saturated heterocycles. The van der Waals surface area contributed by atoms with Crippen molar-refractivity contribution in [3.63, 3.8) is 0 Å². The number of benzene rings is 1. The monoisotopic (exact) mass is 378 g/mol. The molecule has 0 unspecified atom stereocenters. The number of allylic oxidation sites excluding steroid dienone is 1. The topological polar surface area (TPSA) is 81.4 Å². The van der Waals surface area contributed by atoms with Crippen molar-refractivity contribution in [1.82, 2.24) is 9.78 Å². The lowest BCUT2D eigenvalue weighted by Gasteiger charge is -2.06. The van der Waals surface area contributed by atoms with E-state index in [0.29, 0.717) is 21.5 Å². The highest BCUT2D eigenvalue weighted by Crippen LogP contribution is 2.26. The Bertz CT molecular complexity index is 780. The number of nitrogens with zero attached hydrogens (tertiary/aromatic N) is 2. The van der Waals surface area contributed by atoms with Gasteiger partial charge < -0.3 is 9.84 Å². The molecule has 0 bridgehead atoms. The van der Waals surface area contributed by atoms with E-state index in [9.17, 15) is 9.59 Å². The molecular weight excluding hydrogens is 364 g/mol. The number of carboxylic acids is 1. The van der Waals surface area contributed by atoms with E-state index in [4.69, 9.17) is 9.84 Å². The maximum Gasteiger partial charge on any atom is 0.341 e. The van der Waals surface area contributed by atoms with E-state index in [0.717, 1.165) is 5.56 Å². The molecule has 2 aromatic rings. The fourth-order valence-electron chi connectivity index (χ4n) is 1.98. The standard InChI is InChI=1S/C16H15BrN2O4/c1-10-12(8-19(2)18-10)14(20)5-3-11-4-6-15(13(17)7-11)23-9-16(21)22/h3-8H,9H2,1-2H3,(H,21,22). The van der Waals surface area contributed by atoms with E-state index in [-0.39, 0.29) is 5.78 Å². The summed E-state index contributed by atoms with van der Waals surface area (Å²) in [5, 5.41) is 12.7. The highest BCUT2D eigenvalue weighted by atomic mass is 79.9. The van der Waals surface area contributed by atoms with Gasteiger partial charge in [0.15, 0.2) is 12.4 Å². The lowest BCUT2D eigenvalue weighted by Crippen LogP contribution is -2.09. The number of ketones is 1.